The summed E-state index contributed by atoms with van der Waals surface area (Å²) in [5.41, 5.74) is 0. The second-order valence-electron chi connectivity index (χ2n) is 4.44. The van der Waals surface area contributed by atoms with Crippen LogP contribution in [0.1, 0.15) is 26.7 Å². The van der Waals surface area contributed by atoms with Gasteiger partial charge in [0.1, 0.15) is 0 Å². The number of carboxylic acids is 1. The Labute approximate surface area is 78.1 Å². The van der Waals surface area contributed by atoms with Crippen LogP contribution in [0.4, 0.5) is 0 Å². The number of carbonyl (C=O) groups is 1. The molecule has 0 spiro atoms. The van der Waals surface area contributed by atoms with E-state index in [-0.39, 0.29) is 18.1 Å². The van der Waals surface area contributed by atoms with Crippen LogP contribution < -0.4 is 0 Å². The zero-order valence-corrected chi connectivity index (χ0v) is 8.06. The van der Waals surface area contributed by atoms with Gasteiger partial charge in [0, 0.05) is 0 Å². The van der Waals surface area contributed by atoms with Gasteiger partial charge < -0.3 is 9.84 Å². The van der Waals surface area contributed by atoms with E-state index in [4.69, 9.17) is 9.84 Å². The summed E-state index contributed by atoms with van der Waals surface area (Å²) in [6.45, 7) is 4.07. The van der Waals surface area contributed by atoms with Crippen LogP contribution in [0.2, 0.25) is 0 Å². The number of carboxylic acid groups (broad SMARTS) is 1. The van der Waals surface area contributed by atoms with E-state index in [1.54, 1.807) is 0 Å². The van der Waals surface area contributed by atoms with Crippen LogP contribution in [0.25, 0.3) is 0 Å². The van der Waals surface area contributed by atoms with Gasteiger partial charge in [0.2, 0.25) is 0 Å². The lowest BCUT2D eigenvalue weighted by Crippen LogP contribution is -2.20. The van der Waals surface area contributed by atoms with E-state index in [0.29, 0.717) is 12.3 Å². The number of ether oxygens (including phenoxy) is 1. The molecule has 2 rings (SSSR count). The lowest BCUT2D eigenvalue weighted by Gasteiger charge is -2.09. The Balaban J connectivity index is 1.95. The molecule has 1 aliphatic heterocycles. The highest BCUT2D eigenvalue weighted by molar-refractivity contribution is 5.71. The van der Waals surface area contributed by atoms with Gasteiger partial charge in [0.15, 0.2) is 0 Å². The van der Waals surface area contributed by atoms with Crippen molar-refractivity contribution in [3.63, 3.8) is 0 Å². The van der Waals surface area contributed by atoms with Crippen LogP contribution in [0.3, 0.4) is 0 Å². The second kappa shape index (κ2) is 2.98. The van der Waals surface area contributed by atoms with Gasteiger partial charge in [-0.1, -0.05) is 6.92 Å². The number of hydrogen-bond acceptors (Lipinski definition) is 2. The summed E-state index contributed by atoms with van der Waals surface area (Å²) < 4.78 is 5.65. The van der Waals surface area contributed by atoms with Gasteiger partial charge in [-0.2, -0.15) is 0 Å². The predicted molar refractivity (Wildman–Crippen MR) is 47.3 cm³/mol. The molecule has 1 heterocycles. The molecular weight excluding hydrogens is 168 g/mol. The average molecular weight is 184 g/mol. The van der Waals surface area contributed by atoms with Crippen molar-refractivity contribution in [2.24, 2.45) is 17.8 Å². The molecule has 5 unspecified atom stereocenters. The van der Waals surface area contributed by atoms with Crippen molar-refractivity contribution in [1.82, 2.24) is 0 Å². The minimum atomic E-state index is -0.705. The Bertz CT molecular complexity index is 226. The summed E-state index contributed by atoms with van der Waals surface area (Å²) >= 11 is 0. The van der Waals surface area contributed by atoms with Gasteiger partial charge in [0.05, 0.1) is 18.1 Å². The van der Waals surface area contributed by atoms with Crippen LogP contribution in [0.5, 0.6) is 0 Å². The Morgan fingerprint density at radius 2 is 2.00 bits per heavy atom. The van der Waals surface area contributed by atoms with Crippen LogP contribution in [-0.4, -0.2) is 23.3 Å². The fourth-order valence-electron chi connectivity index (χ4n) is 2.31. The zero-order valence-electron chi connectivity index (χ0n) is 8.06. The minimum Gasteiger partial charge on any atom is -0.481 e. The molecule has 13 heavy (non-hydrogen) atoms. The number of hydrogen-bond donors (Lipinski definition) is 1. The van der Waals surface area contributed by atoms with E-state index in [9.17, 15) is 4.79 Å². The summed E-state index contributed by atoms with van der Waals surface area (Å²) in [6.07, 6.45) is 2.04. The molecule has 0 radical (unpaired) electrons. The van der Waals surface area contributed by atoms with E-state index in [1.165, 1.54) is 6.42 Å². The SMILES string of the molecule is CC1CC1C1CC(C(=O)O)C(C)O1. The smallest absolute Gasteiger partial charge is 0.309 e. The van der Waals surface area contributed by atoms with Crippen molar-refractivity contribution in [2.75, 3.05) is 0 Å². The highest BCUT2D eigenvalue weighted by atomic mass is 16.5. The van der Waals surface area contributed by atoms with Gasteiger partial charge in [-0.3, -0.25) is 4.79 Å². The van der Waals surface area contributed by atoms with Crippen molar-refractivity contribution >= 4 is 5.97 Å². The van der Waals surface area contributed by atoms with Gasteiger partial charge in [-0.05, 0) is 31.6 Å². The van der Waals surface area contributed by atoms with Crippen LogP contribution in [-0.2, 0) is 9.53 Å². The van der Waals surface area contributed by atoms with Crippen LogP contribution >= 0.6 is 0 Å². The van der Waals surface area contributed by atoms with Crippen molar-refractivity contribution in [3.05, 3.63) is 0 Å². The van der Waals surface area contributed by atoms with Crippen molar-refractivity contribution < 1.29 is 14.6 Å². The first-order chi connectivity index (χ1) is 6.09. The first-order valence-electron chi connectivity index (χ1n) is 4.98. The molecule has 5 atom stereocenters. The van der Waals surface area contributed by atoms with Gasteiger partial charge in [-0.25, -0.2) is 0 Å². The largest absolute Gasteiger partial charge is 0.481 e. The first kappa shape index (κ1) is 9.00. The Morgan fingerprint density at radius 1 is 1.38 bits per heavy atom. The van der Waals surface area contributed by atoms with Gasteiger partial charge in [0.25, 0.3) is 0 Å². The fraction of sp³-hybridized carbons (Fsp3) is 0.900. The maximum absolute atomic E-state index is 10.8. The van der Waals surface area contributed by atoms with Gasteiger partial charge >= 0.3 is 5.97 Å². The molecule has 3 nitrogen and oxygen atoms in total. The molecule has 74 valence electrons. The Kier molecular flexibility index (Phi) is 2.06. The van der Waals surface area contributed by atoms with Gasteiger partial charge in [-0.15, -0.1) is 0 Å². The topological polar surface area (TPSA) is 46.5 Å². The summed E-state index contributed by atoms with van der Waals surface area (Å²) in [7, 11) is 0. The molecule has 0 aromatic rings. The second-order valence-corrected chi connectivity index (χ2v) is 4.44. The maximum Gasteiger partial charge on any atom is 0.309 e. The molecule has 1 saturated heterocycles. The molecule has 0 aromatic heterocycles. The van der Waals surface area contributed by atoms with E-state index >= 15 is 0 Å². The molecular formula is C10H16O3. The van der Waals surface area contributed by atoms with E-state index < -0.39 is 5.97 Å². The van der Waals surface area contributed by atoms with Crippen LogP contribution in [0.15, 0.2) is 0 Å². The molecule has 1 N–H and O–H groups in total. The first-order valence-corrected chi connectivity index (χ1v) is 4.98. The molecule has 0 bridgehead atoms. The zero-order chi connectivity index (χ0) is 9.59. The third-order valence-corrected chi connectivity index (χ3v) is 3.41. The lowest BCUT2D eigenvalue weighted by molar-refractivity contribution is -0.143. The van der Waals surface area contributed by atoms with Crippen molar-refractivity contribution in [3.8, 4) is 0 Å². The highest BCUT2D eigenvalue weighted by Gasteiger charge is 2.47. The van der Waals surface area contributed by atoms with Crippen molar-refractivity contribution in [1.29, 1.82) is 0 Å². The Morgan fingerprint density at radius 3 is 2.38 bits per heavy atom. The fourth-order valence-corrected chi connectivity index (χ4v) is 2.31. The van der Waals surface area contributed by atoms with E-state index in [1.807, 2.05) is 6.92 Å². The normalized spacial score (nSPS) is 49.2. The highest BCUT2D eigenvalue weighted by Crippen LogP contribution is 2.47. The number of aliphatic carboxylic acids is 1. The third kappa shape index (κ3) is 1.57. The molecule has 2 fully saturated rings. The summed E-state index contributed by atoms with van der Waals surface area (Å²) in [5.74, 6) is 0.387. The lowest BCUT2D eigenvalue weighted by atomic mass is 9.98. The summed E-state index contributed by atoms with van der Waals surface area (Å²) in [6, 6.07) is 0. The minimum absolute atomic E-state index is 0.102. The van der Waals surface area contributed by atoms with Crippen LogP contribution in [0, 0.1) is 17.8 Å². The molecule has 2 aliphatic rings. The monoisotopic (exact) mass is 184 g/mol. The molecule has 3 heteroatoms. The molecule has 0 amide bonds. The molecule has 1 saturated carbocycles. The summed E-state index contributed by atoms with van der Waals surface area (Å²) in [4.78, 5) is 10.8. The maximum atomic E-state index is 10.8. The predicted octanol–water partition coefficient (Wildman–Crippen LogP) is 1.52. The molecule has 0 aromatic carbocycles. The molecule has 1 aliphatic carbocycles. The third-order valence-electron chi connectivity index (χ3n) is 3.41. The standard InChI is InChI=1S/C10H16O3/c1-5-3-7(5)9-4-8(10(11)12)6(2)13-9/h5-9H,3-4H2,1-2H3,(H,11,12). The average Bonchev–Trinajstić information content (AvgIpc) is 2.61. The summed E-state index contributed by atoms with van der Waals surface area (Å²) in [5, 5.41) is 8.89. The Hall–Kier alpha value is -0.570. The van der Waals surface area contributed by atoms with E-state index in [0.717, 1.165) is 5.92 Å². The van der Waals surface area contributed by atoms with E-state index in [2.05, 4.69) is 6.92 Å². The van der Waals surface area contributed by atoms with Crippen molar-refractivity contribution in [2.45, 2.75) is 38.9 Å². The number of rotatable bonds is 2. The quantitative estimate of drug-likeness (QED) is 0.707.